The van der Waals surface area contributed by atoms with Crippen LogP contribution < -0.4 is 11.1 Å². The van der Waals surface area contributed by atoms with E-state index in [-0.39, 0.29) is 11.6 Å². The first-order chi connectivity index (χ1) is 9.25. The highest BCUT2D eigenvalue weighted by Crippen LogP contribution is 2.27. The molecule has 1 aromatic carbocycles. The Balaban J connectivity index is 3.13. The average molecular weight is 279 g/mol. The second-order valence-electron chi connectivity index (χ2n) is 5.03. The van der Waals surface area contributed by atoms with E-state index in [1.54, 1.807) is 19.9 Å². The molecule has 0 aliphatic carbocycles. The molecule has 6 heteroatoms. The maximum atomic E-state index is 12.2. The maximum Gasteiger partial charge on any atom is 0.274 e. The summed E-state index contributed by atoms with van der Waals surface area (Å²) >= 11 is 0. The summed E-state index contributed by atoms with van der Waals surface area (Å²) in [7, 11) is 0. The molecule has 0 aliphatic heterocycles. The van der Waals surface area contributed by atoms with Crippen molar-refractivity contribution in [2.75, 3.05) is 5.32 Å². The number of benzene rings is 1. The zero-order valence-corrected chi connectivity index (χ0v) is 12.3. The number of nitro benzene ring substituents is 1. The summed E-state index contributed by atoms with van der Waals surface area (Å²) in [4.78, 5) is 22.7. The molecule has 1 amide bonds. The van der Waals surface area contributed by atoms with Gasteiger partial charge in [0.25, 0.3) is 5.69 Å². The van der Waals surface area contributed by atoms with Crippen LogP contribution in [0.15, 0.2) is 12.1 Å². The number of amides is 1. The highest BCUT2D eigenvalue weighted by molar-refractivity contribution is 5.98. The van der Waals surface area contributed by atoms with Gasteiger partial charge in [0.05, 0.1) is 16.1 Å². The van der Waals surface area contributed by atoms with Crippen LogP contribution in [0.25, 0.3) is 0 Å². The Labute approximate surface area is 118 Å². The Kier molecular flexibility index (Phi) is 4.83. The number of hydrogen-bond acceptors (Lipinski definition) is 4. The van der Waals surface area contributed by atoms with Gasteiger partial charge in [-0.15, -0.1) is 0 Å². The number of rotatable bonds is 5. The fraction of sp³-hybridized carbons (Fsp3) is 0.500. The van der Waals surface area contributed by atoms with E-state index in [0.29, 0.717) is 24.1 Å². The minimum absolute atomic E-state index is 0.0125. The third-order valence-electron chi connectivity index (χ3n) is 3.70. The molecule has 1 aromatic rings. The van der Waals surface area contributed by atoms with Gasteiger partial charge in [0.15, 0.2) is 0 Å². The molecule has 20 heavy (non-hydrogen) atoms. The van der Waals surface area contributed by atoms with Crippen LogP contribution >= 0.6 is 0 Å². The van der Waals surface area contributed by atoms with Crippen molar-refractivity contribution in [3.05, 3.63) is 33.4 Å². The molecule has 0 aliphatic rings. The molecule has 0 radical (unpaired) electrons. The van der Waals surface area contributed by atoms with Gasteiger partial charge >= 0.3 is 0 Å². The molecule has 0 unspecified atom stereocenters. The van der Waals surface area contributed by atoms with E-state index in [4.69, 9.17) is 5.73 Å². The predicted molar refractivity (Wildman–Crippen MR) is 78.7 cm³/mol. The molecule has 6 nitrogen and oxygen atoms in total. The Bertz CT molecular complexity index is 537. The molecule has 0 heterocycles. The van der Waals surface area contributed by atoms with Crippen LogP contribution in [-0.4, -0.2) is 16.4 Å². The molecule has 0 aromatic heterocycles. The normalized spacial score (nSPS) is 11.2. The van der Waals surface area contributed by atoms with Gasteiger partial charge in [-0.1, -0.05) is 13.8 Å². The van der Waals surface area contributed by atoms with Crippen molar-refractivity contribution < 1.29 is 9.72 Å². The Morgan fingerprint density at radius 2 is 1.85 bits per heavy atom. The molecule has 110 valence electrons. The number of nitrogens with zero attached hydrogens (tertiary/aromatic N) is 1. The van der Waals surface area contributed by atoms with Gasteiger partial charge in [-0.2, -0.15) is 0 Å². The van der Waals surface area contributed by atoms with Crippen LogP contribution in [0.1, 0.15) is 37.8 Å². The summed E-state index contributed by atoms with van der Waals surface area (Å²) in [5, 5.41) is 13.7. The van der Waals surface area contributed by atoms with Crippen molar-refractivity contribution in [3.8, 4) is 0 Å². The summed E-state index contributed by atoms with van der Waals surface area (Å²) < 4.78 is 0. The molecule has 0 saturated carbocycles. The second kappa shape index (κ2) is 6.00. The van der Waals surface area contributed by atoms with E-state index < -0.39 is 10.5 Å². The highest BCUT2D eigenvalue weighted by Gasteiger charge is 2.30. The molecule has 0 fully saturated rings. The van der Waals surface area contributed by atoms with Gasteiger partial charge in [-0.25, -0.2) is 0 Å². The van der Waals surface area contributed by atoms with Crippen molar-refractivity contribution in [1.82, 2.24) is 0 Å². The number of nitrogens with one attached hydrogen (secondary N) is 1. The Morgan fingerprint density at radius 3 is 2.30 bits per heavy atom. The summed E-state index contributed by atoms with van der Waals surface area (Å²) in [6.45, 7) is 7.14. The number of carbonyl (C=O) groups is 1. The van der Waals surface area contributed by atoms with Crippen molar-refractivity contribution in [2.45, 2.75) is 46.1 Å². The first-order valence-electron chi connectivity index (χ1n) is 6.61. The molecule has 3 N–H and O–H groups in total. The molecular weight excluding hydrogens is 258 g/mol. The molecule has 0 bridgehead atoms. The topological polar surface area (TPSA) is 98.3 Å². The second-order valence-corrected chi connectivity index (χ2v) is 5.03. The monoisotopic (exact) mass is 279 g/mol. The lowest BCUT2D eigenvalue weighted by Gasteiger charge is -2.25. The van der Waals surface area contributed by atoms with Gasteiger partial charge < -0.3 is 11.1 Å². The summed E-state index contributed by atoms with van der Waals surface area (Å²) in [5.74, 6) is -0.316. The lowest BCUT2D eigenvalue weighted by molar-refractivity contribution is -0.385. The van der Waals surface area contributed by atoms with E-state index in [2.05, 4.69) is 5.32 Å². The van der Waals surface area contributed by atoms with E-state index in [9.17, 15) is 14.9 Å². The third kappa shape index (κ3) is 3.14. The van der Waals surface area contributed by atoms with Crippen LogP contribution in [0.5, 0.6) is 0 Å². The first kappa shape index (κ1) is 16.1. The standard InChI is InChI=1S/C14H21N3O3/c1-5-14(15,6-2)13(18)16-11-8-12(17(19)20)10(4)7-9(11)3/h7-8H,5-6,15H2,1-4H3,(H,16,18). The van der Waals surface area contributed by atoms with Gasteiger partial charge in [0, 0.05) is 11.6 Å². The van der Waals surface area contributed by atoms with Gasteiger partial charge in [-0.05, 0) is 38.3 Å². The van der Waals surface area contributed by atoms with E-state index in [1.807, 2.05) is 13.8 Å². The van der Waals surface area contributed by atoms with Gasteiger partial charge in [0.1, 0.15) is 0 Å². The first-order valence-corrected chi connectivity index (χ1v) is 6.61. The van der Waals surface area contributed by atoms with E-state index in [1.165, 1.54) is 6.07 Å². The number of aryl methyl sites for hydroxylation is 2. The number of carbonyl (C=O) groups excluding carboxylic acids is 1. The molecule has 1 rings (SSSR count). The van der Waals surface area contributed by atoms with Crippen molar-refractivity contribution >= 4 is 17.3 Å². The zero-order chi connectivity index (χ0) is 15.5. The highest BCUT2D eigenvalue weighted by atomic mass is 16.6. The number of nitro groups is 1. The van der Waals surface area contributed by atoms with Gasteiger partial charge in [0.2, 0.25) is 5.91 Å². The van der Waals surface area contributed by atoms with Crippen molar-refractivity contribution in [2.24, 2.45) is 5.73 Å². The summed E-state index contributed by atoms with van der Waals surface area (Å²) in [5.41, 5.74) is 6.83. The van der Waals surface area contributed by atoms with Crippen LogP contribution in [0.4, 0.5) is 11.4 Å². The lowest BCUT2D eigenvalue weighted by Crippen LogP contribution is -2.50. The largest absolute Gasteiger partial charge is 0.324 e. The maximum absolute atomic E-state index is 12.2. The minimum Gasteiger partial charge on any atom is -0.324 e. The SMILES string of the molecule is CCC(N)(CC)C(=O)Nc1cc([N+](=O)[O-])c(C)cc1C. The van der Waals surface area contributed by atoms with E-state index >= 15 is 0 Å². The summed E-state index contributed by atoms with van der Waals surface area (Å²) in [6.07, 6.45) is 1.00. The molecule has 0 spiro atoms. The Hall–Kier alpha value is -1.95. The van der Waals surface area contributed by atoms with Crippen molar-refractivity contribution in [1.29, 1.82) is 0 Å². The fourth-order valence-corrected chi connectivity index (χ4v) is 1.99. The van der Waals surface area contributed by atoms with Crippen LogP contribution in [-0.2, 0) is 4.79 Å². The van der Waals surface area contributed by atoms with Gasteiger partial charge in [-0.3, -0.25) is 14.9 Å². The summed E-state index contributed by atoms with van der Waals surface area (Å²) in [6, 6.07) is 3.07. The molecular formula is C14H21N3O3. The lowest BCUT2D eigenvalue weighted by atomic mass is 9.93. The van der Waals surface area contributed by atoms with Crippen LogP contribution in [0.2, 0.25) is 0 Å². The zero-order valence-electron chi connectivity index (χ0n) is 12.3. The number of hydrogen-bond donors (Lipinski definition) is 2. The average Bonchev–Trinajstić information content (AvgIpc) is 2.40. The molecule has 0 atom stereocenters. The number of anilines is 1. The minimum atomic E-state index is -0.952. The fourth-order valence-electron chi connectivity index (χ4n) is 1.99. The van der Waals surface area contributed by atoms with E-state index in [0.717, 1.165) is 5.56 Å². The van der Waals surface area contributed by atoms with Crippen LogP contribution in [0.3, 0.4) is 0 Å². The quantitative estimate of drug-likeness (QED) is 0.639. The Morgan fingerprint density at radius 1 is 1.30 bits per heavy atom. The molecule has 0 saturated heterocycles. The number of nitrogens with two attached hydrogens (primary N) is 1. The third-order valence-corrected chi connectivity index (χ3v) is 3.70. The smallest absolute Gasteiger partial charge is 0.274 e. The predicted octanol–water partition coefficient (Wildman–Crippen LogP) is 2.67. The van der Waals surface area contributed by atoms with Crippen LogP contribution in [0, 0.1) is 24.0 Å². The van der Waals surface area contributed by atoms with Crippen molar-refractivity contribution in [3.63, 3.8) is 0 Å².